The van der Waals surface area contributed by atoms with Crippen molar-refractivity contribution in [2.45, 2.75) is 29.2 Å². The van der Waals surface area contributed by atoms with Gasteiger partial charge in [-0.25, -0.2) is 21.2 Å². The molecule has 0 bridgehead atoms. The second-order valence-corrected chi connectivity index (χ2v) is 9.75. The van der Waals surface area contributed by atoms with Crippen LogP contribution in [-0.4, -0.2) is 44.7 Å². The molecular weight excluding hydrogens is 305 g/mol. The van der Waals surface area contributed by atoms with Gasteiger partial charge in [0.2, 0.25) is 10.0 Å². The highest BCUT2D eigenvalue weighted by atomic mass is 32.2. The Morgan fingerprint density at radius 1 is 1.10 bits per heavy atom. The van der Waals surface area contributed by atoms with E-state index in [1.54, 1.807) is 13.8 Å². The first kappa shape index (κ1) is 15.4. The van der Waals surface area contributed by atoms with Crippen molar-refractivity contribution in [3.63, 3.8) is 0 Å². The van der Waals surface area contributed by atoms with E-state index in [4.69, 9.17) is 0 Å². The Kier molecular flexibility index (Phi) is 3.92. The molecule has 0 amide bonds. The van der Waals surface area contributed by atoms with Gasteiger partial charge < -0.3 is 0 Å². The summed E-state index contributed by atoms with van der Waals surface area (Å²) >= 11 is 0. The highest BCUT2D eigenvalue weighted by Crippen LogP contribution is 2.27. The van der Waals surface area contributed by atoms with E-state index in [0.717, 1.165) is 12.1 Å². The lowest BCUT2D eigenvalue weighted by molar-refractivity contribution is 0.307. The fourth-order valence-electron chi connectivity index (χ4n) is 1.92. The van der Waals surface area contributed by atoms with E-state index < -0.39 is 36.2 Å². The second-order valence-electron chi connectivity index (χ2n) is 5.03. The summed E-state index contributed by atoms with van der Waals surface area (Å²) < 4.78 is 62.1. The van der Waals surface area contributed by atoms with Gasteiger partial charge in [-0.3, -0.25) is 0 Å². The van der Waals surface area contributed by atoms with Gasteiger partial charge >= 0.3 is 0 Å². The average molecular weight is 321 g/mol. The lowest BCUT2D eigenvalue weighted by atomic mass is 10.3. The summed E-state index contributed by atoms with van der Waals surface area (Å²) in [6.45, 7) is 3.02. The van der Waals surface area contributed by atoms with Crippen molar-refractivity contribution in [3.8, 4) is 0 Å². The number of hydrogen-bond donors (Lipinski definition) is 0. The maximum absolute atomic E-state index is 12.8. The zero-order valence-electron chi connectivity index (χ0n) is 11.2. The van der Waals surface area contributed by atoms with Crippen LogP contribution in [0.4, 0.5) is 4.39 Å². The summed E-state index contributed by atoms with van der Waals surface area (Å²) in [4.78, 5) is 0.0190. The number of rotatable bonds is 4. The summed E-state index contributed by atoms with van der Waals surface area (Å²) in [6.07, 6.45) is 0. The predicted molar refractivity (Wildman–Crippen MR) is 73.0 cm³/mol. The number of hydrogen-bond acceptors (Lipinski definition) is 4. The van der Waals surface area contributed by atoms with E-state index in [1.165, 1.54) is 16.4 Å². The molecule has 0 aliphatic carbocycles. The van der Waals surface area contributed by atoms with Crippen LogP contribution in [-0.2, 0) is 19.9 Å². The molecule has 112 valence electrons. The zero-order chi connectivity index (χ0) is 15.1. The fraction of sp³-hybridized carbons (Fsp3) is 0.500. The SMILES string of the molecule is CC(C)S(=O)(=O)N1CC(S(=O)(=O)c2ccc(F)cc2)C1. The molecule has 0 atom stereocenters. The van der Waals surface area contributed by atoms with Crippen LogP contribution in [0.2, 0.25) is 0 Å². The fourth-order valence-corrected chi connectivity index (χ4v) is 5.13. The molecular formula is C12H16FNO4S2. The van der Waals surface area contributed by atoms with Gasteiger partial charge in [0.15, 0.2) is 9.84 Å². The van der Waals surface area contributed by atoms with Crippen molar-refractivity contribution < 1.29 is 21.2 Å². The van der Waals surface area contributed by atoms with Crippen LogP contribution < -0.4 is 0 Å². The van der Waals surface area contributed by atoms with Crippen LogP contribution in [0.25, 0.3) is 0 Å². The van der Waals surface area contributed by atoms with Gasteiger partial charge in [-0.1, -0.05) is 0 Å². The van der Waals surface area contributed by atoms with Gasteiger partial charge in [0.05, 0.1) is 15.4 Å². The lowest BCUT2D eigenvalue weighted by Crippen LogP contribution is -2.58. The largest absolute Gasteiger partial charge is 0.223 e. The maximum Gasteiger partial charge on any atom is 0.216 e. The predicted octanol–water partition coefficient (Wildman–Crippen LogP) is 1.02. The Bertz CT molecular complexity index is 689. The van der Waals surface area contributed by atoms with Crippen molar-refractivity contribution >= 4 is 19.9 Å². The van der Waals surface area contributed by atoms with Gasteiger partial charge in [-0.2, -0.15) is 4.31 Å². The molecule has 2 rings (SSSR count). The zero-order valence-corrected chi connectivity index (χ0v) is 12.8. The third-order valence-electron chi connectivity index (χ3n) is 3.35. The first-order chi connectivity index (χ1) is 9.15. The third-order valence-corrected chi connectivity index (χ3v) is 7.67. The van der Waals surface area contributed by atoms with Gasteiger partial charge in [0.1, 0.15) is 5.82 Å². The minimum absolute atomic E-state index is 0.0190. The van der Waals surface area contributed by atoms with Crippen molar-refractivity contribution in [2.24, 2.45) is 0 Å². The van der Waals surface area contributed by atoms with Crippen LogP contribution >= 0.6 is 0 Å². The minimum atomic E-state index is -3.61. The smallest absolute Gasteiger partial charge is 0.216 e. The Hall–Kier alpha value is -0.990. The van der Waals surface area contributed by atoms with Crippen molar-refractivity contribution in [2.75, 3.05) is 13.1 Å². The molecule has 8 heteroatoms. The summed E-state index contributed by atoms with van der Waals surface area (Å²) in [5.41, 5.74) is 0. The molecule has 1 aliphatic heterocycles. The number of nitrogens with zero attached hydrogens (tertiary/aromatic N) is 1. The molecule has 1 saturated heterocycles. The van der Waals surface area contributed by atoms with Gasteiger partial charge in [0, 0.05) is 13.1 Å². The first-order valence-electron chi connectivity index (χ1n) is 6.14. The highest BCUT2D eigenvalue weighted by Gasteiger charge is 2.44. The molecule has 1 fully saturated rings. The van der Waals surface area contributed by atoms with Crippen LogP contribution in [0, 0.1) is 5.82 Å². The highest BCUT2D eigenvalue weighted by molar-refractivity contribution is 7.93. The lowest BCUT2D eigenvalue weighted by Gasteiger charge is -2.38. The van der Waals surface area contributed by atoms with Crippen LogP contribution in [0.5, 0.6) is 0 Å². The van der Waals surface area contributed by atoms with Gasteiger partial charge in [-0.15, -0.1) is 0 Å². The standard InChI is InChI=1S/C12H16FNO4S2/c1-9(2)20(17,18)14-7-12(8-14)19(15,16)11-5-3-10(13)4-6-11/h3-6,9,12H,7-8H2,1-2H3. The van der Waals surface area contributed by atoms with Gasteiger partial charge in [-0.05, 0) is 38.1 Å². The van der Waals surface area contributed by atoms with Crippen molar-refractivity contribution in [3.05, 3.63) is 30.1 Å². The van der Waals surface area contributed by atoms with Crippen LogP contribution in [0.1, 0.15) is 13.8 Å². The number of halogens is 1. The molecule has 5 nitrogen and oxygen atoms in total. The number of sulfone groups is 1. The summed E-state index contributed by atoms with van der Waals surface area (Å²) in [5.74, 6) is -0.512. The van der Waals surface area contributed by atoms with Crippen LogP contribution in [0.3, 0.4) is 0 Å². The van der Waals surface area contributed by atoms with Crippen LogP contribution in [0.15, 0.2) is 29.2 Å². The molecule has 0 saturated carbocycles. The topological polar surface area (TPSA) is 71.5 Å². The van der Waals surface area contributed by atoms with E-state index in [-0.39, 0.29) is 18.0 Å². The normalized spacial score (nSPS) is 18.2. The van der Waals surface area contributed by atoms with E-state index in [2.05, 4.69) is 0 Å². The molecule has 0 N–H and O–H groups in total. The molecule has 0 unspecified atom stereocenters. The molecule has 20 heavy (non-hydrogen) atoms. The Labute approximate surface area is 118 Å². The number of benzene rings is 1. The first-order valence-corrected chi connectivity index (χ1v) is 9.19. The molecule has 1 aromatic carbocycles. The van der Waals surface area contributed by atoms with E-state index in [1.807, 2.05) is 0 Å². The van der Waals surface area contributed by atoms with Gasteiger partial charge in [0.25, 0.3) is 0 Å². The second kappa shape index (κ2) is 5.09. The molecule has 0 radical (unpaired) electrons. The molecule has 1 aliphatic rings. The maximum atomic E-state index is 12.8. The van der Waals surface area contributed by atoms with Crippen molar-refractivity contribution in [1.29, 1.82) is 0 Å². The molecule has 1 aromatic rings. The summed E-state index contributed by atoms with van der Waals surface area (Å²) in [5, 5.41) is -1.33. The average Bonchev–Trinajstić information content (AvgIpc) is 2.26. The summed E-state index contributed by atoms with van der Waals surface area (Å²) in [7, 11) is -7.02. The van der Waals surface area contributed by atoms with E-state index in [0.29, 0.717) is 0 Å². The minimum Gasteiger partial charge on any atom is -0.223 e. The Balaban J connectivity index is 2.15. The third kappa shape index (κ3) is 2.59. The van der Waals surface area contributed by atoms with E-state index in [9.17, 15) is 21.2 Å². The Morgan fingerprint density at radius 2 is 1.60 bits per heavy atom. The number of sulfonamides is 1. The summed E-state index contributed by atoms with van der Waals surface area (Å²) in [6, 6.07) is 4.55. The monoisotopic (exact) mass is 321 g/mol. The molecule has 1 heterocycles. The quantitative estimate of drug-likeness (QED) is 0.776. The molecule has 0 spiro atoms. The Morgan fingerprint density at radius 3 is 2.05 bits per heavy atom. The van der Waals surface area contributed by atoms with E-state index >= 15 is 0 Å². The van der Waals surface area contributed by atoms with Crippen molar-refractivity contribution in [1.82, 2.24) is 4.31 Å². The molecule has 0 aromatic heterocycles.